The number of nitrogens with one attached hydrogen (secondary N) is 2. The van der Waals surface area contributed by atoms with Crippen LogP contribution < -0.4 is 15.4 Å². The second kappa shape index (κ2) is 8.72. The Balaban J connectivity index is 2.04. The van der Waals surface area contributed by atoms with Gasteiger partial charge in [-0.3, -0.25) is 4.99 Å². The minimum absolute atomic E-state index is 0.215. The quantitative estimate of drug-likeness (QED) is 0.624. The Hall–Kier alpha value is -1.82. The van der Waals surface area contributed by atoms with Crippen LogP contribution in [0.5, 0.6) is 5.75 Å². The van der Waals surface area contributed by atoms with E-state index >= 15 is 0 Å². The highest BCUT2D eigenvalue weighted by Gasteiger charge is 2.16. The Morgan fingerprint density at radius 2 is 2.22 bits per heavy atom. The van der Waals surface area contributed by atoms with Gasteiger partial charge >= 0.3 is 0 Å². The lowest BCUT2D eigenvalue weighted by molar-refractivity contribution is -0.0172. The minimum Gasteiger partial charge on any atom is -0.467 e. The van der Waals surface area contributed by atoms with Crippen LogP contribution in [0.25, 0.3) is 0 Å². The molecule has 0 fully saturated rings. The molecule has 1 aliphatic heterocycles. The summed E-state index contributed by atoms with van der Waals surface area (Å²) >= 11 is 0. The topological polar surface area (TPSA) is 54.9 Å². The van der Waals surface area contributed by atoms with Gasteiger partial charge < -0.3 is 20.1 Å². The van der Waals surface area contributed by atoms with Crippen molar-refractivity contribution in [3.8, 4) is 5.75 Å². The van der Waals surface area contributed by atoms with Gasteiger partial charge in [0, 0.05) is 24.7 Å². The Morgan fingerprint density at radius 3 is 2.96 bits per heavy atom. The molecule has 1 aromatic carbocycles. The van der Waals surface area contributed by atoms with Crippen molar-refractivity contribution >= 4 is 5.96 Å². The van der Waals surface area contributed by atoms with E-state index in [0.29, 0.717) is 25.6 Å². The Kier molecular flexibility index (Phi) is 6.65. The molecule has 0 aromatic heterocycles. The number of fused-ring (bicyclic) bond motifs is 1. The highest BCUT2D eigenvalue weighted by Crippen LogP contribution is 2.29. The van der Waals surface area contributed by atoms with E-state index in [-0.39, 0.29) is 12.6 Å². The first-order valence-corrected chi connectivity index (χ1v) is 8.20. The number of halogens is 1. The van der Waals surface area contributed by atoms with E-state index in [4.69, 9.17) is 9.47 Å². The number of ether oxygens (including phenoxy) is 2. The summed E-state index contributed by atoms with van der Waals surface area (Å²) in [6.45, 7) is 8.24. The number of hydrogen-bond donors (Lipinski definition) is 2. The summed E-state index contributed by atoms with van der Waals surface area (Å²) in [7, 11) is 0. The number of guanidine groups is 1. The molecular formula is C17H26FN3O2. The summed E-state index contributed by atoms with van der Waals surface area (Å²) in [4.78, 5) is 4.56. The van der Waals surface area contributed by atoms with Crippen LogP contribution in [0, 0.1) is 5.82 Å². The third-order valence-electron chi connectivity index (χ3n) is 3.74. The molecule has 1 unspecified atom stereocenters. The molecule has 0 saturated heterocycles. The normalized spacial score (nSPS) is 15.6. The van der Waals surface area contributed by atoms with Gasteiger partial charge in [-0.05, 0) is 44.4 Å². The third kappa shape index (κ3) is 5.10. The van der Waals surface area contributed by atoms with Gasteiger partial charge in [-0.15, -0.1) is 0 Å². The maximum atomic E-state index is 13.7. The van der Waals surface area contributed by atoms with E-state index in [1.54, 1.807) is 0 Å². The van der Waals surface area contributed by atoms with Gasteiger partial charge in [0.25, 0.3) is 0 Å². The summed E-state index contributed by atoms with van der Waals surface area (Å²) in [5.41, 5.74) is 1.60. The SMILES string of the molecule is CCNC(=NCCc1cc(F)cc2c1OCOC2)NC(C)CC. The summed E-state index contributed by atoms with van der Waals surface area (Å²) in [5, 5.41) is 6.56. The van der Waals surface area contributed by atoms with E-state index in [0.717, 1.165) is 35.8 Å². The smallest absolute Gasteiger partial charge is 0.191 e. The Bertz CT molecular complexity index is 549. The summed E-state index contributed by atoms with van der Waals surface area (Å²) < 4.78 is 24.4. The maximum Gasteiger partial charge on any atom is 0.191 e. The Morgan fingerprint density at radius 1 is 1.39 bits per heavy atom. The second-order valence-corrected chi connectivity index (χ2v) is 5.63. The van der Waals surface area contributed by atoms with E-state index < -0.39 is 0 Å². The van der Waals surface area contributed by atoms with Crippen molar-refractivity contribution in [3.05, 3.63) is 29.1 Å². The Labute approximate surface area is 137 Å². The van der Waals surface area contributed by atoms with E-state index in [1.165, 1.54) is 12.1 Å². The largest absolute Gasteiger partial charge is 0.467 e. The lowest BCUT2D eigenvalue weighted by Gasteiger charge is -2.21. The fraction of sp³-hybridized carbons (Fsp3) is 0.588. The molecule has 1 atom stereocenters. The fourth-order valence-corrected chi connectivity index (χ4v) is 2.39. The first-order chi connectivity index (χ1) is 11.1. The molecule has 128 valence electrons. The van der Waals surface area contributed by atoms with E-state index in [9.17, 15) is 4.39 Å². The van der Waals surface area contributed by atoms with Crippen LogP contribution in [0.2, 0.25) is 0 Å². The molecule has 2 rings (SSSR count). The van der Waals surface area contributed by atoms with Crippen LogP contribution in [0.15, 0.2) is 17.1 Å². The monoisotopic (exact) mass is 323 g/mol. The van der Waals surface area contributed by atoms with Crippen LogP contribution in [0.3, 0.4) is 0 Å². The predicted octanol–water partition coefficient (Wildman–Crippen LogP) is 2.59. The zero-order chi connectivity index (χ0) is 16.7. The molecule has 0 saturated carbocycles. The predicted molar refractivity (Wildman–Crippen MR) is 89.3 cm³/mol. The number of nitrogens with zero attached hydrogens (tertiary/aromatic N) is 1. The highest BCUT2D eigenvalue weighted by molar-refractivity contribution is 5.80. The number of rotatable bonds is 6. The molecule has 0 spiro atoms. The van der Waals surface area contributed by atoms with E-state index in [1.807, 2.05) is 6.92 Å². The average molecular weight is 323 g/mol. The summed E-state index contributed by atoms with van der Waals surface area (Å²) in [6, 6.07) is 3.35. The van der Waals surface area contributed by atoms with Gasteiger partial charge in [0.15, 0.2) is 12.8 Å². The lowest BCUT2D eigenvalue weighted by atomic mass is 10.1. The van der Waals surface area contributed by atoms with E-state index in [2.05, 4.69) is 29.5 Å². The van der Waals surface area contributed by atoms with Crippen molar-refractivity contribution < 1.29 is 13.9 Å². The molecule has 23 heavy (non-hydrogen) atoms. The zero-order valence-electron chi connectivity index (χ0n) is 14.1. The van der Waals surface area contributed by atoms with Gasteiger partial charge in [-0.1, -0.05) is 6.92 Å². The highest BCUT2D eigenvalue weighted by atomic mass is 19.1. The van der Waals surface area contributed by atoms with Crippen molar-refractivity contribution in [2.45, 2.75) is 46.3 Å². The number of hydrogen-bond acceptors (Lipinski definition) is 3. The van der Waals surface area contributed by atoms with Crippen molar-refractivity contribution in [1.82, 2.24) is 10.6 Å². The van der Waals surface area contributed by atoms with Gasteiger partial charge in [0.05, 0.1) is 6.61 Å². The molecule has 1 heterocycles. The van der Waals surface area contributed by atoms with Crippen LogP contribution in [-0.4, -0.2) is 31.9 Å². The van der Waals surface area contributed by atoms with Crippen molar-refractivity contribution in [2.24, 2.45) is 4.99 Å². The van der Waals surface area contributed by atoms with Crippen molar-refractivity contribution in [1.29, 1.82) is 0 Å². The van der Waals surface area contributed by atoms with Crippen LogP contribution in [0.1, 0.15) is 38.3 Å². The molecule has 1 aromatic rings. The molecule has 6 heteroatoms. The van der Waals surface area contributed by atoms with Crippen molar-refractivity contribution in [2.75, 3.05) is 19.9 Å². The molecule has 5 nitrogen and oxygen atoms in total. The molecular weight excluding hydrogens is 297 g/mol. The molecule has 0 radical (unpaired) electrons. The van der Waals surface area contributed by atoms with Crippen LogP contribution in [-0.2, 0) is 17.8 Å². The average Bonchev–Trinajstić information content (AvgIpc) is 2.54. The third-order valence-corrected chi connectivity index (χ3v) is 3.74. The second-order valence-electron chi connectivity index (χ2n) is 5.63. The number of aliphatic imine (C=N–C) groups is 1. The fourth-order valence-electron chi connectivity index (χ4n) is 2.39. The van der Waals surface area contributed by atoms with Gasteiger partial charge in [-0.25, -0.2) is 4.39 Å². The van der Waals surface area contributed by atoms with Gasteiger partial charge in [-0.2, -0.15) is 0 Å². The summed E-state index contributed by atoms with van der Waals surface area (Å²) in [5.74, 6) is 1.27. The summed E-state index contributed by atoms with van der Waals surface area (Å²) in [6.07, 6.45) is 1.65. The van der Waals surface area contributed by atoms with Crippen LogP contribution in [0.4, 0.5) is 4.39 Å². The maximum absolute atomic E-state index is 13.7. The first-order valence-electron chi connectivity index (χ1n) is 8.20. The van der Waals surface area contributed by atoms with Gasteiger partial charge in [0.2, 0.25) is 0 Å². The molecule has 1 aliphatic rings. The van der Waals surface area contributed by atoms with Crippen LogP contribution >= 0.6 is 0 Å². The molecule has 0 amide bonds. The minimum atomic E-state index is -0.263. The molecule has 0 bridgehead atoms. The standard InChI is InChI=1S/C17H26FN3O2/c1-4-12(3)21-17(19-5-2)20-7-6-13-8-15(18)9-14-10-22-11-23-16(13)14/h8-9,12H,4-7,10-11H2,1-3H3,(H2,19,20,21). The first kappa shape index (κ1) is 17.5. The number of benzene rings is 1. The van der Waals surface area contributed by atoms with Crippen molar-refractivity contribution in [3.63, 3.8) is 0 Å². The zero-order valence-corrected chi connectivity index (χ0v) is 14.1. The van der Waals surface area contributed by atoms with Gasteiger partial charge in [0.1, 0.15) is 11.6 Å². The molecule has 0 aliphatic carbocycles. The lowest BCUT2D eigenvalue weighted by Crippen LogP contribution is -2.42. The molecule has 2 N–H and O–H groups in total.